The largest absolute Gasteiger partial charge is 0.523 e. The van der Waals surface area contributed by atoms with E-state index in [1.165, 1.54) is 141 Å². The molecule has 0 aliphatic heterocycles. The van der Waals surface area contributed by atoms with Crippen molar-refractivity contribution in [2.45, 2.75) is 205 Å². The summed E-state index contributed by atoms with van der Waals surface area (Å²) < 4.78 is 76.4. The fourth-order valence-electron chi connectivity index (χ4n) is 5.54. The number of unbranched alkanes of at least 4 members (excludes halogenated alkanes) is 26. The molecule has 0 saturated heterocycles. The molecule has 272 valence electrons. The second kappa shape index (κ2) is 32.2. The molecule has 0 aliphatic rings. The predicted octanol–water partition coefficient (Wildman–Crippen LogP) is 12.2. The highest BCUT2D eigenvalue weighted by atomic mass is 32.2. The van der Waals surface area contributed by atoms with Gasteiger partial charge in [0.1, 0.15) is 6.10 Å². The zero-order valence-corrected chi connectivity index (χ0v) is 30.1. The normalized spacial score (nSPS) is 13.1. The van der Waals surface area contributed by atoms with Gasteiger partial charge in [-0.2, -0.15) is 21.6 Å². The monoisotopic (exact) mass is 672 g/mol. The van der Waals surface area contributed by atoms with Gasteiger partial charge in [0.05, 0.1) is 13.2 Å². The molecule has 0 aromatic rings. The van der Waals surface area contributed by atoms with E-state index in [2.05, 4.69) is 18.0 Å². The minimum Gasteiger partial charge on any atom is -0.379 e. The van der Waals surface area contributed by atoms with Crippen molar-refractivity contribution in [3.8, 4) is 0 Å². The van der Waals surface area contributed by atoms with Gasteiger partial charge in [-0.3, -0.25) is 4.18 Å². The molecule has 0 heterocycles. The lowest BCUT2D eigenvalue weighted by Crippen LogP contribution is -2.32. The Morgan fingerprint density at radius 2 is 0.778 bits per heavy atom. The molecule has 0 amide bonds. The number of halogens is 3. The van der Waals surface area contributed by atoms with E-state index in [9.17, 15) is 21.6 Å². The molecule has 0 radical (unpaired) electrons. The maximum Gasteiger partial charge on any atom is 0.523 e. The van der Waals surface area contributed by atoms with E-state index in [-0.39, 0.29) is 6.61 Å². The van der Waals surface area contributed by atoms with Crippen LogP contribution < -0.4 is 0 Å². The molecule has 1 atom stereocenters. The highest BCUT2D eigenvalue weighted by Crippen LogP contribution is 2.25. The van der Waals surface area contributed by atoms with Crippen LogP contribution >= 0.6 is 0 Å². The maximum atomic E-state index is 12.7. The summed E-state index contributed by atoms with van der Waals surface area (Å²) in [5.74, 6) is 0. The van der Waals surface area contributed by atoms with Gasteiger partial charge in [0, 0.05) is 13.2 Å². The number of alkyl halides is 3. The van der Waals surface area contributed by atoms with Crippen LogP contribution in [-0.4, -0.2) is 46.5 Å². The summed E-state index contributed by atoms with van der Waals surface area (Å²) in [6, 6.07) is 0. The van der Waals surface area contributed by atoms with Crippen molar-refractivity contribution in [3.05, 3.63) is 0 Å². The van der Waals surface area contributed by atoms with Gasteiger partial charge in [-0.05, 0) is 12.8 Å². The van der Waals surface area contributed by atoms with Gasteiger partial charge in [-0.25, -0.2) is 0 Å². The van der Waals surface area contributed by atoms with E-state index < -0.39 is 28.3 Å². The highest BCUT2D eigenvalue weighted by Gasteiger charge is 2.47. The van der Waals surface area contributed by atoms with Crippen LogP contribution in [0.4, 0.5) is 13.2 Å². The highest BCUT2D eigenvalue weighted by molar-refractivity contribution is 7.87. The summed E-state index contributed by atoms with van der Waals surface area (Å²) in [6.45, 7) is 4.64. The SMILES string of the molecule is CCCCCCCCCCCCCCCCOCC(COS(=O)(=O)C(F)(F)F)OCCCCCCCCCCCCCCCC. The fourth-order valence-corrected chi connectivity index (χ4v) is 6.00. The smallest absolute Gasteiger partial charge is 0.379 e. The minimum absolute atomic E-state index is 0.0183. The lowest BCUT2D eigenvalue weighted by atomic mass is 10.0. The van der Waals surface area contributed by atoms with Crippen LogP contribution in [0.25, 0.3) is 0 Å². The Morgan fingerprint density at radius 3 is 1.11 bits per heavy atom. The van der Waals surface area contributed by atoms with Gasteiger partial charge in [0.25, 0.3) is 0 Å². The molecule has 0 aliphatic carbocycles. The lowest BCUT2D eigenvalue weighted by molar-refractivity contribution is -0.0662. The van der Waals surface area contributed by atoms with E-state index in [0.29, 0.717) is 13.2 Å². The lowest BCUT2D eigenvalue weighted by Gasteiger charge is -2.18. The van der Waals surface area contributed by atoms with Gasteiger partial charge >= 0.3 is 15.6 Å². The Hall–Kier alpha value is -0.380. The zero-order valence-electron chi connectivity index (χ0n) is 29.3. The summed E-state index contributed by atoms with van der Waals surface area (Å²) in [4.78, 5) is 0. The molecule has 0 aromatic carbocycles. The first-order valence-electron chi connectivity index (χ1n) is 18.9. The third kappa shape index (κ3) is 30.7. The Bertz CT molecular complexity index is 703. The number of hydrogen-bond donors (Lipinski definition) is 0. The Labute approximate surface area is 276 Å². The van der Waals surface area contributed by atoms with Gasteiger partial charge in [-0.1, -0.05) is 181 Å². The molecule has 0 saturated carbocycles. The molecule has 1 unspecified atom stereocenters. The second-order valence-corrected chi connectivity index (χ2v) is 14.6. The minimum atomic E-state index is -5.65. The summed E-state index contributed by atoms with van der Waals surface area (Å²) >= 11 is 0. The molecule has 0 N–H and O–H groups in total. The number of hydrogen-bond acceptors (Lipinski definition) is 5. The Balaban J connectivity index is 3.94. The zero-order chi connectivity index (χ0) is 33.3. The topological polar surface area (TPSA) is 61.8 Å². The van der Waals surface area contributed by atoms with Gasteiger partial charge in [0.15, 0.2) is 0 Å². The van der Waals surface area contributed by atoms with Crippen LogP contribution in [0.5, 0.6) is 0 Å². The average molecular weight is 673 g/mol. The second-order valence-electron chi connectivity index (χ2n) is 12.9. The maximum absolute atomic E-state index is 12.7. The van der Waals surface area contributed by atoms with Crippen LogP contribution in [0.2, 0.25) is 0 Å². The van der Waals surface area contributed by atoms with E-state index in [4.69, 9.17) is 9.47 Å². The third-order valence-corrected chi connectivity index (χ3v) is 9.50. The van der Waals surface area contributed by atoms with Gasteiger partial charge < -0.3 is 9.47 Å². The first-order chi connectivity index (χ1) is 21.7. The third-order valence-electron chi connectivity index (χ3n) is 8.49. The van der Waals surface area contributed by atoms with Crippen molar-refractivity contribution < 1.29 is 35.2 Å². The van der Waals surface area contributed by atoms with Crippen LogP contribution in [0.3, 0.4) is 0 Å². The summed E-state index contributed by atoms with van der Waals surface area (Å²) in [5.41, 5.74) is -5.44. The number of rotatable bonds is 36. The van der Waals surface area contributed by atoms with E-state index in [1.807, 2.05) is 0 Å². The standard InChI is InChI=1S/C36H71F3O5S/c1-3-5-7-9-11-13-15-17-19-21-23-25-27-29-31-42-33-35(34-44-45(40,41)36(37,38)39)43-32-30-28-26-24-22-20-18-16-14-12-10-8-6-4-2/h35H,3-34H2,1-2H3. The van der Waals surface area contributed by atoms with Crippen LogP contribution in [0, 0.1) is 0 Å². The summed E-state index contributed by atoms with van der Waals surface area (Å²) in [6.07, 6.45) is 34.0. The van der Waals surface area contributed by atoms with Crippen molar-refractivity contribution in [2.75, 3.05) is 26.4 Å². The quantitative estimate of drug-likeness (QED) is 0.0376. The summed E-state index contributed by atoms with van der Waals surface area (Å²) in [7, 11) is -5.65. The molecule has 0 rings (SSSR count). The Morgan fingerprint density at radius 1 is 0.467 bits per heavy atom. The molecule has 0 spiro atoms. The summed E-state index contributed by atoms with van der Waals surface area (Å²) in [5, 5.41) is 0. The van der Waals surface area contributed by atoms with Gasteiger partial charge in [-0.15, -0.1) is 0 Å². The average Bonchev–Trinajstić information content (AvgIpc) is 3.00. The molecule has 45 heavy (non-hydrogen) atoms. The fraction of sp³-hybridized carbons (Fsp3) is 1.00. The van der Waals surface area contributed by atoms with Crippen molar-refractivity contribution in [2.24, 2.45) is 0 Å². The van der Waals surface area contributed by atoms with Crippen molar-refractivity contribution >= 4 is 10.1 Å². The first-order valence-corrected chi connectivity index (χ1v) is 20.3. The van der Waals surface area contributed by atoms with E-state index in [1.54, 1.807) is 0 Å². The molecule has 0 aromatic heterocycles. The van der Waals surface area contributed by atoms with Crippen molar-refractivity contribution in [3.63, 3.8) is 0 Å². The molecular formula is C36H71F3O5S. The van der Waals surface area contributed by atoms with Crippen molar-refractivity contribution in [1.29, 1.82) is 0 Å². The molecule has 5 nitrogen and oxygen atoms in total. The van der Waals surface area contributed by atoms with Crippen molar-refractivity contribution in [1.82, 2.24) is 0 Å². The van der Waals surface area contributed by atoms with E-state index >= 15 is 0 Å². The van der Waals surface area contributed by atoms with Crippen LogP contribution in [0.15, 0.2) is 0 Å². The molecular weight excluding hydrogens is 601 g/mol. The predicted molar refractivity (Wildman–Crippen MR) is 182 cm³/mol. The molecule has 9 heteroatoms. The number of ether oxygens (including phenoxy) is 2. The molecule has 0 bridgehead atoms. The van der Waals surface area contributed by atoms with E-state index in [0.717, 1.165) is 38.5 Å². The molecule has 0 fully saturated rings. The van der Waals surface area contributed by atoms with Gasteiger partial charge in [0.2, 0.25) is 0 Å². The first kappa shape index (κ1) is 44.6. The van der Waals surface area contributed by atoms with Crippen LogP contribution in [-0.2, 0) is 23.8 Å². The Kier molecular flexibility index (Phi) is 31.9. The van der Waals surface area contributed by atoms with Crippen LogP contribution in [0.1, 0.15) is 194 Å².